The lowest BCUT2D eigenvalue weighted by molar-refractivity contribution is -0.141. The molecule has 1 aliphatic heterocycles. The van der Waals surface area contributed by atoms with Crippen LogP contribution in [0.15, 0.2) is 0 Å². The number of nitrogens with one attached hydrogen (secondary N) is 1. The fourth-order valence-electron chi connectivity index (χ4n) is 1.91. The van der Waals surface area contributed by atoms with Crippen LogP contribution in [0, 0.1) is 0 Å². The van der Waals surface area contributed by atoms with Gasteiger partial charge in [-0.05, 0) is 26.7 Å². The van der Waals surface area contributed by atoms with E-state index in [1.807, 2.05) is 4.90 Å². The first-order valence-electron chi connectivity index (χ1n) is 5.82. The number of rotatable bonds is 5. The normalized spacial score (nSPS) is 20.2. The van der Waals surface area contributed by atoms with Gasteiger partial charge in [0.15, 0.2) is 0 Å². The average Bonchev–Trinajstić information content (AvgIpc) is 2.84. The van der Waals surface area contributed by atoms with Gasteiger partial charge in [-0.1, -0.05) is 0 Å². The van der Waals surface area contributed by atoms with Gasteiger partial charge in [0.1, 0.15) is 6.61 Å². The Morgan fingerprint density at radius 1 is 1.44 bits per heavy atom. The maximum Gasteiger partial charge on any atom is 0.249 e. The van der Waals surface area contributed by atoms with E-state index >= 15 is 0 Å². The molecule has 1 heterocycles. The average molecular weight is 249 g/mol. The molecule has 0 unspecified atom stereocenters. The monoisotopic (exact) mass is 248 g/mol. The van der Waals surface area contributed by atoms with Crippen molar-refractivity contribution in [3.8, 4) is 0 Å². The molecule has 1 saturated heterocycles. The molecule has 1 saturated carbocycles. The Hall–Kier alpha value is -0.320. The van der Waals surface area contributed by atoms with Crippen molar-refractivity contribution in [2.75, 3.05) is 19.7 Å². The molecule has 1 amide bonds. The van der Waals surface area contributed by atoms with E-state index in [1.54, 1.807) is 0 Å². The zero-order valence-electron chi connectivity index (χ0n) is 9.94. The van der Waals surface area contributed by atoms with Crippen LogP contribution in [0.1, 0.15) is 26.7 Å². The lowest BCUT2D eigenvalue weighted by Gasteiger charge is -2.30. The third-order valence-corrected chi connectivity index (χ3v) is 2.97. The number of amides is 1. The van der Waals surface area contributed by atoms with Crippen LogP contribution < -0.4 is 5.32 Å². The van der Waals surface area contributed by atoms with E-state index in [-0.39, 0.29) is 31.0 Å². The summed E-state index contributed by atoms with van der Waals surface area (Å²) >= 11 is 0. The summed E-state index contributed by atoms with van der Waals surface area (Å²) in [5.74, 6) is 0.152. The summed E-state index contributed by atoms with van der Waals surface area (Å²) in [6, 6.07) is 0.786. The van der Waals surface area contributed by atoms with Crippen LogP contribution in [0.5, 0.6) is 0 Å². The van der Waals surface area contributed by atoms with E-state index in [2.05, 4.69) is 19.2 Å². The maximum absolute atomic E-state index is 11.9. The van der Waals surface area contributed by atoms with E-state index in [0.717, 1.165) is 25.9 Å². The first-order valence-corrected chi connectivity index (χ1v) is 5.82. The Bertz CT molecular complexity index is 238. The van der Waals surface area contributed by atoms with E-state index in [0.29, 0.717) is 12.1 Å². The lowest BCUT2D eigenvalue weighted by atomic mass is 10.2. The molecule has 16 heavy (non-hydrogen) atoms. The summed E-state index contributed by atoms with van der Waals surface area (Å²) in [6.07, 6.45) is 2.58. The highest BCUT2D eigenvalue weighted by molar-refractivity contribution is 5.85. The molecule has 0 aromatic carbocycles. The summed E-state index contributed by atoms with van der Waals surface area (Å²) in [6.45, 7) is 6.17. The number of ether oxygens (including phenoxy) is 1. The minimum Gasteiger partial charge on any atom is -0.366 e. The summed E-state index contributed by atoms with van der Waals surface area (Å²) < 4.78 is 5.50. The zero-order valence-corrected chi connectivity index (χ0v) is 10.8. The molecule has 5 heteroatoms. The maximum atomic E-state index is 11.9. The Morgan fingerprint density at radius 3 is 2.44 bits per heavy atom. The van der Waals surface area contributed by atoms with Gasteiger partial charge in [0.25, 0.3) is 0 Å². The van der Waals surface area contributed by atoms with Crippen molar-refractivity contribution in [3.05, 3.63) is 0 Å². The van der Waals surface area contributed by atoms with Crippen molar-refractivity contribution >= 4 is 18.3 Å². The van der Waals surface area contributed by atoms with Gasteiger partial charge in [-0.3, -0.25) is 4.79 Å². The molecule has 2 rings (SSSR count). The molecule has 0 spiro atoms. The number of carbonyl (C=O) groups excluding carboxylic acids is 1. The van der Waals surface area contributed by atoms with E-state index in [4.69, 9.17) is 4.74 Å². The quantitative estimate of drug-likeness (QED) is 0.783. The van der Waals surface area contributed by atoms with E-state index < -0.39 is 0 Å². The molecular weight excluding hydrogens is 228 g/mol. The van der Waals surface area contributed by atoms with Crippen LogP contribution in [0.25, 0.3) is 0 Å². The number of nitrogens with zero attached hydrogens (tertiary/aromatic N) is 1. The van der Waals surface area contributed by atoms with Crippen molar-refractivity contribution in [1.82, 2.24) is 10.2 Å². The molecule has 94 valence electrons. The second kappa shape index (κ2) is 5.84. The second-order valence-electron chi connectivity index (χ2n) is 4.72. The molecule has 0 aromatic heterocycles. The van der Waals surface area contributed by atoms with Gasteiger partial charge in [-0.2, -0.15) is 0 Å². The fraction of sp³-hybridized carbons (Fsp3) is 0.909. The van der Waals surface area contributed by atoms with Crippen molar-refractivity contribution in [2.24, 2.45) is 0 Å². The van der Waals surface area contributed by atoms with Crippen LogP contribution in [0.4, 0.5) is 0 Å². The van der Waals surface area contributed by atoms with E-state index in [9.17, 15) is 4.79 Å². The number of carbonyl (C=O) groups is 1. The van der Waals surface area contributed by atoms with Crippen LogP contribution >= 0.6 is 12.4 Å². The van der Waals surface area contributed by atoms with E-state index in [1.165, 1.54) is 0 Å². The molecule has 2 fully saturated rings. The topological polar surface area (TPSA) is 41.6 Å². The second-order valence-corrected chi connectivity index (χ2v) is 4.72. The highest BCUT2D eigenvalue weighted by Crippen LogP contribution is 2.28. The van der Waals surface area contributed by atoms with Gasteiger partial charge in [0, 0.05) is 25.2 Å². The van der Waals surface area contributed by atoms with Gasteiger partial charge < -0.3 is 15.0 Å². The van der Waals surface area contributed by atoms with Crippen LogP contribution in [-0.4, -0.2) is 48.7 Å². The van der Waals surface area contributed by atoms with Crippen LogP contribution in [0.3, 0.4) is 0 Å². The highest BCUT2D eigenvalue weighted by Gasteiger charge is 2.34. The summed E-state index contributed by atoms with van der Waals surface area (Å²) in [5, 5.41) is 3.12. The van der Waals surface area contributed by atoms with Gasteiger partial charge in [0.2, 0.25) is 5.91 Å². The minimum atomic E-state index is 0. The Kier molecular flexibility index (Phi) is 5.02. The van der Waals surface area contributed by atoms with Gasteiger partial charge in [0.05, 0.1) is 6.10 Å². The SMILES string of the molecule is CC(C)N(C(=O)COC1CNC1)C1CC1.Cl. The summed E-state index contributed by atoms with van der Waals surface area (Å²) in [5.41, 5.74) is 0. The molecule has 1 aliphatic carbocycles. The minimum absolute atomic E-state index is 0. The molecule has 4 nitrogen and oxygen atoms in total. The summed E-state index contributed by atoms with van der Waals surface area (Å²) in [4.78, 5) is 13.9. The zero-order chi connectivity index (χ0) is 10.8. The molecule has 0 aromatic rings. The predicted octanol–water partition coefficient (Wildman–Crippen LogP) is 0.796. The van der Waals surface area contributed by atoms with Crippen LogP contribution in [-0.2, 0) is 9.53 Å². The Morgan fingerprint density at radius 2 is 2.06 bits per heavy atom. The lowest BCUT2D eigenvalue weighted by Crippen LogP contribution is -2.50. The van der Waals surface area contributed by atoms with Crippen molar-refractivity contribution in [3.63, 3.8) is 0 Å². The fourth-order valence-corrected chi connectivity index (χ4v) is 1.91. The van der Waals surface area contributed by atoms with Crippen LogP contribution in [0.2, 0.25) is 0 Å². The Labute approximate surface area is 103 Å². The molecule has 0 radical (unpaired) electrons. The third-order valence-electron chi connectivity index (χ3n) is 2.97. The predicted molar refractivity (Wildman–Crippen MR) is 64.9 cm³/mol. The van der Waals surface area contributed by atoms with Crippen molar-refractivity contribution < 1.29 is 9.53 Å². The molecular formula is C11H21ClN2O2. The molecule has 0 bridgehead atoms. The number of hydrogen-bond donors (Lipinski definition) is 1. The number of halogens is 1. The van der Waals surface area contributed by atoms with Gasteiger partial charge >= 0.3 is 0 Å². The van der Waals surface area contributed by atoms with Crippen molar-refractivity contribution in [2.45, 2.75) is 44.9 Å². The highest BCUT2D eigenvalue weighted by atomic mass is 35.5. The molecule has 2 aliphatic rings. The third kappa shape index (κ3) is 3.34. The largest absolute Gasteiger partial charge is 0.366 e. The first-order chi connectivity index (χ1) is 7.18. The number of hydrogen-bond acceptors (Lipinski definition) is 3. The van der Waals surface area contributed by atoms with Gasteiger partial charge in [-0.15, -0.1) is 12.4 Å². The standard InChI is InChI=1S/C11H20N2O2.ClH/c1-8(2)13(9-3-4-9)11(14)7-15-10-5-12-6-10;/h8-10,12H,3-7H2,1-2H3;1H. The Balaban J connectivity index is 0.00000128. The molecule has 1 N–H and O–H groups in total. The summed E-state index contributed by atoms with van der Waals surface area (Å²) in [7, 11) is 0. The molecule has 0 atom stereocenters. The van der Waals surface area contributed by atoms with Crippen molar-refractivity contribution in [1.29, 1.82) is 0 Å². The first kappa shape index (κ1) is 13.7. The smallest absolute Gasteiger partial charge is 0.249 e. The van der Waals surface area contributed by atoms with Gasteiger partial charge in [-0.25, -0.2) is 0 Å².